The van der Waals surface area contributed by atoms with Crippen molar-refractivity contribution in [2.45, 2.75) is 42.0 Å². The highest BCUT2D eigenvalue weighted by Gasteiger charge is 2.26. The maximum Gasteiger partial charge on any atom is 0.243 e. The van der Waals surface area contributed by atoms with Crippen molar-refractivity contribution in [1.82, 2.24) is 13.9 Å². The second-order valence-electron chi connectivity index (χ2n) is 7.96. The van der Waals surface area contributed by atoms with Gasteiger partial charge in [0.2, 0.25) is 26.0 Å². The summed E-state index contributed by atoms with van der Waals surface area (Å²) in [5, 5.41) is 2.83. The molecule has 0 saturated carbocycles. The third-order valence-electron chi connectivity index (χ3n) is 5.46. The molecule has 32 heavy (non-hydrogen) atoms. The van der Waals surface area contributed by atoms with Gasteiger partial charge in [0, 0.05) is 40.2 Å². The van der Waals surface area contributed by atoms with Gasteiger partial charge in [0.05, 0.1) is 9.79 Å². The van der Waals surface area contributed by atoms with Crippen LogP contribution in [0.4, 0.5) is 0 Å². The van der Waals surface area contributed by atoms with E-state index in [0.717, 1.165) is 28.3 Å². The molecule has 2 aromatic rings. The summed E-state index contributed by atoms with van der Waals surface area (Å²) in [6, 6.07) is 13.1. The van der Waals surface area contributed by atoms with Gasteiger partial charge >= 0.3 is 0 Å². The summed E-state index contributed by atoms with van der Waals surface area (Å²) < 4.78 is 52.0. The summed E-state index contributed by atoms with van der Waals surface area (Å²) in [6.07, 6.45) is 2.54. The highest BCUT2D eigenvalue weighted by atomic mass is 32.2. The molecule has 1 heterocycles. The van der Waals surface area contributed by atoms with Crippen molar-refractivity contribution < 1.29 is 21.6 Å². The summed E-state index contributed by atoms with van der Waals surface area (Å²) in [5.74, 6) is -0.135. The van der Waals surface area contributed by atoms with Crippen molar-refractivity contribution in [1.29, 1.82) is 0 Å². The summed E-state index contributed by atoms with van der Waals surface area (Å²) >= 11 is 0. The molecule has 0 aliphatic carbocycles. The van der Waals surface area contributed by atoms with Gasteiger partial charge in [-0.05, 0) is 54.7 Å². The molecule has 1 aliphatic rings. The first-order valence-corrected chi connectivity index (χ1v) is 13.4. The van der Waals surface area contributed by atoms with E-state index in [1.54, 1.807) is 48.5 Å². The highest BCUT2D eigenvalue weighted by Crippen LogP contribution is 2.21. The Morgan fingerprint density at radius 1 is 0.875 bits per heavy atom. The Kier molecular flexibility index (Phi) is 7.71. The van der Waals surface area contributed by atoms with Gasteiger partial charge in [-0.2, -0.15) is 4.31 Å². The standard InChI is InChI=1S/C22H29N3O5S2/c1-24(2)31(27,28)20-10-5-18(6-11-20)9-14-22(26)23-17-19-7-12-21(13-8-19)32(29,30)25-15-3-4-16-25/h5-8,10-13H,3-4,9,14-17H2,1-2H3,(H,23,26). The van der Waals surface area contributed by atoms with Gasteiger partial charge in [0.15, 0.2) is 0 Å². The molecule has 1 saturated heterocycles. The van der Waals surface area contributed by atoms with E-state index in [1.807, 2.05) is 0 Å². The zero-order valence-electron chi connectivity index (χ0n) is 18.3. The molecule has 10 heteroatoms. The van der Waals surface area contributed by atoms with Crippen LogP contribution in [-0.2, 0) is 37.8 Å². The summed E-state index contributed by atoms with van der Waals surface area (Å²) in [6.45, 7) is 1.44. The van der Waals surface area contributed by atoms with Crippen LogP contribution in [0.3, 0.4) is 0 Å². The molecule has 1 amide bonds. The van der Waals surface area contributed by atoms with E-state index in [-0.39, 0.29) is 22.1 Å². The second-order valence-corrected chi connectivity index (χ2v) is 12.1. The first-order valence-electron chi connectivity index (χ1n) is 10.5. The molecule has 174 valence electrons. The number of aryl methyl sites for hydroxylation is 1. The van der Waals surface area contributed by atoms with Gasteiger partial charge in [-0.15, -0.1) is 0 Å². The van der Waals surface area contributed by atoms with E-state index >= 15 is 0 Å². The van der Waals surface area contributed by atoms with Crippen molar-refractivity contribution in [2.24, 2.45) is 0 Å². The number of nitrogens with one attached hydrogen (secondary N) is 1. The van der Waals surface area contributed by atoms with Gasteiger partial charge in [-0.1, -0.05) is 24.3 Å². The van der Waals surface area contributed by atoms with Gasteiger partial charge in [-0.25, -0.2) is 21.1 Å². The van der Waals surface area contributed by atoms with Crippen LogP contribution >= 0.6 is 0 Å². The topological polar surface area (TPSA) is 104 Å². The molecule has 0 unspecified atom stereocenters. The molecule has 0 aromatic heterocycles. The van der Waals surface area contributed by atoms with Crippen LogP contribution < -0.4 is 5.32 Å². The fourth-order valence-electron chi connectivity index (χ4n) is 3.44. The predicted octanol–water partition coefficient (Wildman–Crippen LogP) is 1.97. The third-order valence-corrected chi connectivity index (χ3v) is 9.20. The van der Waals surface area contributed by atoms with Crippen molar-refractivity contribution in [2.75, 3.05) is 27.2 Å². The van der Waals surface area contributed by atoms with Crippen LogP contribution in [0.15, 0.2) is 58.3 Å². The average Bonchev–Trinajstić information content (AvgIpc) is 3.33. The number of hydrogen-bond acceptors (Lipinski definition) is 5. The number of nitrogens with zero attached hydrogens (tertiary/aromatic N) is 2. The Morgan fingerprint density at radius 3 is 1.97 bits per heavy atom. The van der Waals surface area contributed by atoms with E-state index in [9.17, 15) is 21.6 Å². The van der Waals surface area contributed by atoms with Gasteiger partial charge in [0.1, 0.15) is 0 Å². The molecule has 0 radical (unpaired) electrons. The number of carbonyl (C=O) groups is 1. The van der Waals surface area contributed by atoms with E-state index in [0.29, 0.717) is 26.1 Å². The smallest absolute Gasteiger partial charge is 0.243 e. The molecular formula is C22H29N3O5S2. The molecule has 0 atom stereocenters. The lowest BCUT2D eigenvalue weighted by Gasteiger charge is -2.15. The minimum Gasteiger partial charge on any atom is -0.352 e. The van der Waals surface area contributed by atoms with E-state index in [2.05, 4.69) is 5.32 Å². The molecule has 0 bridgehead atoms. The van der Waals surface area contributed by atoms with Crippen LogP contribution in [0, 0.1) is 0 Å². The first-order chi connectivity index (χ1) is 15.1. The molecule has 1 aliphatic heterocycles. The molecule has 0 spiro atoms. The minimum absolute atomic E-state index is 0.135. The number of carbonyl (C=O) groups excluding carboxylic acids is 1. The lowest BCUT2D eigenvalue weighted by molar-refractivity contribution is -0.121. The van der Waals surface area contributed by atoms with Crippen molar-refractivity contribution in [3.8, 4) is 0 Å². The Morgan fingerprint density at radius 2 is 1.41 bits per heavy atom. The summed E-state index contributed by atoms with van der Waals surface area (Å²) in [4.78, 5) is 12.7. The fourth-order valence-corrected chi connectivity index (χ4v) is 5.86. The zero-order chi connectivity index (χ0) is 23.4. The second kappa shape index (κ2) is 10.1. The first kappa shape index (κ1) is 24.4. The maximum absolute atomic E-state index is 12.6. The van der Waals surface area contributed by atoms with Gasteiger partial charge < -0.3 is 5.32 Å². The molecule has 2 aromatic carbocycles. The molecule has 1 N–H and O–H groups in total. The number of rotatable bonds is 9. The quantitative estimate of drug-likeness (QED) is 0.592. The Labute approximate surface area is 190 Å². The van der Waals surface area contributed by atoms with Crippen molar-refractivity contribution in [3.05, 3.63) is 59.7 Å². The minimum atomic E-state index is -3.47. The third kappa shape index (κ3) is 5.74. The van der Waals surface area contributed by atoms with Crippen LogP contribution in [-0.4, -0.2) is 58.5 Å². The van der Waals surface area contributed by atoms with Crippen LogP contribution in [0.1, 0.15) is 30.4 Å². The SMILES string of the molecule is CN(C)S(=O)(=O)c1ccc(CCC(=O)NCc2ccc(S(=O)(=O)N3CCCC3)cc2)cc1. The van der Waals surface area contributed by atoms with Crippen LogP contribution in [0.25, 0.3) is 0 Å². The summed E-state index contributed by atoms with van der Waals surface area (Å²) in [7, 11) is -3.95. The highest BCUT2D eigenvalue weighted by molar-refractivity contribution is 7.89. The Bertz CT molecular complexity index is 1140. The number of amides is 1. The summed E-state index contributed by atoms with van der Waals surface area (Å²) in [5.41, 5.74) is 1.69. The Hall–Kier alpha value is -2.27. The molecule has 3 rings (SSSR count). The molecule has 1 fully saturated rings. The monoisotopic (exact) mass is 479 g/mol. The van der Waals surface area contributed by atoms with E-state index in [4.69, 9.17) is 0 Å². The van der Waals surface area contributed by atoms with Crippen LogP contribution in [0.2, 0.25) is 0 Å². The van der Waals surface area contributed by atoms with Gasteiger partial charge in [0.25, 0.3) is 0 Å². The zero-order valence-corrected chi connectivity index (χ0v) is 20.0. The number of sulfonamides is 2. The molecular weight excluding hydrogens is 450 g/mol. The number of hydrogen-bond donors (Lipinski definition) is 1. The molecule has 8 nitrogen and oxygen atoms in total. The maximum atomic E-state index is 12.6. The van der Waals surface area contributed by atoms with Crippen LogP contribution in [0.5, 0.6) is 0 Å². The van der Waals surface area contributed by atoms with E-state index < -0.39 is 20.0 Å². The van der Waals surface area contributed by atoms with E-state index in [1.165, 1.54) is 18.4 Å². The van der Waals surface area contributed by atoms with Crippen molar-refractivity contribution in [3.63, 3.8) is 0 Å². The van der Waals surface area contributed by atoms with Gasteiger partial charge in [-0.3, -0.25) is 4.79 Å². The Balaban J connectivity index is 1.49. The lowest BCUT2D eigenvalue weighted by atomic mass is 10.1. The fraction of sp³-hybridized carbons (Fsp3) is 0.409. The normalized spacial score (nSPS) is 15.2. The predicted molar refractivity (Wildman–Crippen MR) is 122 cm³/mol. The lowest BCUT2D eigenvalue weighted by Crippen LogP contribution is -2.28. The average molecular weight is 480 g/mol. The largest absolute Gasteiger partial charge is 0.352 e. The number of benzene rings is 2. The van der Waals surface area contributed by atoms with Crippen molar-refractivity contribution >= 4 is 26.0 Å².